The van der Waals surface area contributed by atoms with Crippen molar-refractivity contribution in [3.8, 4) is 0 Å². The molecule has 3 atom stereocenters. The smallest absolute Gasteiger partial charge is 0.143 e. The lowest BCUT2D eigenvalue weighted by molar-refractivity contribution is -0.124. The van der Waals surface area contributed by atoms with Crippen LogP contribution in [0.5, 0.6) is 0 Å². The lowest BCUT2D eigenvalue weighted by Crippen LogP contribution is -2.21. The number of carbonyl (C=O) groups is 1. The lowest BCUT2D eigenvalue weighted by atomic mass is 9.86. The summed E-state index contributed by atoms with van der Waals surface area (Å²) in [6.07, 6.45) is 6.52. The van der Waals surface area contributed by atoms with Crippen molar-refractivity contribution >= 4 is 5.78 Å². The third kappa shape index (κ3) is 0.664. The van der Waals surface area contributed by atoms with Crippen LogP contribution in [-0.2, 0) is 4.79 Å². The minimum Gasteiger partial charge on any atom is -0.299 e. The summed E-state index contributed by atoms with van der Waals surface area (Å²) in [7, 11) is 0. The molecule has 0 amide bonds. The van der Waals surface area contributed by atoms with Gasteiger partial charge in [0, 0.05) is 11.8 Å². The summed E-state index contributed by atoms with van der Waals surface area (Å²) in [5, 5.41) is 0. The van der Waals surface area contributed by atoms with Crippen LogP contribution in [0.3, 0.4) is 0 Å². The largest absolute Gasteiger partial charge is 0.299 e. The third-order valence-corrected chi connectivity index (χ3v) is 2.80. The zero-order chi connectivity index (χ0) is 7.14. The number of fused-ring (bicyclic) bond motifs is 2. The Morgan fingerprint density at radius 1 is 1.40 bits per heavy atom. The van der Waals surface area contributed by atoms with Gasteiger partial charge in [0.25, 0.3) is 0 Å². The molecule has 2 aliphatic rings. The summed E-state index contributed by atoms with van der Waals surface area (Å²) >= 11 is 0. The average Bonchev–Trinajstić information content (AvgIpc) is 2.13. The van der Waals surface area contributed by atoms with Gasteiger partial charge >= 0.3 is 0 Å². The number of rotatable bonds is 0. The maximum atomic E-state index is 11.3. The van der Waals surface area contributed by atoms with Crippen molar-refractivity contribution in [2.45, 2.75) is 19.8 Å². The van der Waals surface area contributed by atoms with E-state index < -0.39 is 0 Å². The molecule has 2 bridgehead atoms. The summed E-state index contributed by atoms with van der Waals surface area (Å²) < 4.78 is 0. The molecule has 0 unspecified atom stereocenters. The number of ketones is 1. The first-order chi connectivity index (χ1) is 4.79. The molecular weight excluding hydrogens is 124 g/mol. The van der Waals surface area contributed by atoms with E-state index in [1.165, 1.54) is 0 Å². The van der Waals surface area contributed by atoms with Gasteiger partial charge in [0.2, 0.25) is 0 Å². The van der Waals surface area contributed by atoms with E-state index >= 15 is 0 Å². The van der Waals surface area contributed by atoms with Gasteiger partial charge in [-0.15, -0.1) is 0 Å². The molecule has 0 aliphatic heterocycles. The zero-order valence-electron chi connectivity index (χ0n) is 6.21. The quantitative estimate of drug-likeness (QED) is 0.464. The molecule has 0 N–H and O–H groups in total. The van der Waals surface area contributed by atoms with E-state index in [4.69, 9.17) is 0 Å². The van der Waals surface area contributed by atoms with Crippen LogP contribution in [0.25, 0.3) is 0 Å². The molecule has 0 saturated heterocycles. The molecule has 0 aromatic carbocycles. The van der Waals surface area contributed by atoms with Crippen molar-refractivity contribution in [2.75, 3.05) is 0 Å². The van der Waals surface area contributed by atoms with Crippen LogP contribution in [0.1, 0.15) is 19.8 Å². The summed E-state index contributed by atoms with van der Waals surface area (Å²) in [6, 6.07) is 0. The first kappa shape index (κ1) is 6.14. The van der Waals surface area contributed by atoms with Gasteiger partial charge in [-0.1, -0.05) is 19.1 Å². The summed E-state index contributed by atoms with van der Waals surface area (Å²) in [6.45, 7) is 2.14. The molecule has 1 nitrogen and oxygen atoms in total. The van der Waals surface area contributed by atoms with Gasteiger partial charge in [0.1, 0.15) is 5.78 Å². The van der Waals surface area contributed by atoms with Crippen molar-refractivity contribution in [3.05, 3.63) is 12.2 Å². The van der Waals surface area contributed by atoms with Crippen LogP contribution in [0.4, 0.5) is 0 Å². The van der Waals surface area contributed by atoms with Gasteiger partial charge in [-0.05, 0) is 18.8 Å². The number of Topliss-reactive ketones (excluding diaryl/α,β-unsaturated/α-hetero) is 1. The Hall–Kier alpha value is -0.590. The molecule has 1 saturated carbocycles. The van der Waals surface area contributed by atoms with Gasteiger partial charge in [0.15, 0.2) is 0 Å². The Balaban J connectivity index is 2.33. The molecule has 2 aliphatic carbocycles. The SMILES string of the molecule is C[C@@H]1C=C[C@@H]2CC[C@H]1C2=O. The van der Waals surface area contributed by atoms with Gasteiger partial charge in [-0.2, -0.15) is 0 Å². The van der Waals surface area contributed by atoms with Gasteiger partial charge in [-0.25, -0.2) is 0 Å². The monoisotopic (exact) mass is 136 g/mol. The highest BCUT2D eigenvalue weighted by atomic mass is 16.1. The van der Waals surface area contributed by atoms with Crippen LogP contribution < -0.4 is 0 Å². The van der Waals surface area contributed by atoms with Crippen LogP contribution in [-0.4, -0.2) is 5.78 Å². The topological polar surface area (TPSA) is 17.1 Å². The molecule has 0 heterocycles. The first-order valence-corrected chi connectivity index (χ1v) is 4.01. The predicted octanol–water partition coefficient (Wildman–Crippen LogP) is 1.79. The van der Waals surface area contributed by atoms with Crippen molar-refractivity contribution in [2.24, 2.45) is 17.8 Å². The predicted molar refractivity (Wildman–Crippen MR) is 39.5 cm³/mol. The van der Waals surface area contributed by atoms with Gasteiger partial charge in [0.05, 0.1) is 0 Å². The van der Waals surface area contributed by atoms with Crippen molar-refractivity contribution in [1.29, 1.82) is 0 Å². The van der Waals surface area contributed by atoms with E-state index in [1.807, 2.05) is 0 Å². The molecule has 2 rings (SSSR count). The molecule has 0 aromatic heterocycles. The minimum absolute atomic E-state index is 0.293. The van der Waals surface area contributed by atoms with E-state index in [-0.39, 0.29) is 0 Å². The Kier molecular flexibility index (Phi) is 1.19. The van der Waals surface area contributed by atoms with Crippen LogP contribution in [0.15, 0.2) is 12.2 Å². The van der Waals surface area contributed by atoms with Crippen LogP contribution in [0.2, 0.25) is 0 Å². The van der Waals surface area contributed by atoms with E-state index in [2.05, 4.69) is 19.1 Å². The molecule has 1 heteroatoms. The lowest BCUT2D eigenvalue weighted by Gasteiger charge is -2.17. The normalized spacial score (nSPS) is 44.5. The molecule has 0 radical (unpaired) electrons. The van der Waals surface area contributed by atoms with E-state index in [0.29, 0.717) is 23.5 Å². The van der Waals surface area contributed by atoms with Crippen LogP contribution in [0, 0.1) is 17.8 Å². The van der Waals surface area contributed by atoms with Gasteiger partial charge in [-0.3, -0.25) is 4.79 Å². The highest BCUT2D eigenvalue weighted by molar-refractivity contribution is 5.88. The fourth-order valence-electron chi connectivity index (χ4n) is 2.08. The standard InChI is InChI=1S/C9H12O/c1-6-2-3-7-4-5-8(6)9(7)10/h2-3,6-8H,4-5H2,1H3/t6-,7-,8-/m1/s1. The summed E-state index contributed by atoms with van der Waals surface area (Å²) in [4.78, 5) is 11.3. The second kappa shape index (κ2) is 1.94. The summed E-state index contributed by atoms with van der Waals surface area (Å²) in [5.74, 6) is 1.66. The first-order valence-electron chi connectivity index (χ1n) is 4.01. The molecule has 0 spiro atoms. The summed E-state index contributed by atoms with van der Waals surface area (Å²) in [5.41, 5.74) is 0. The maximum Gasteiger partial charge on any atom is 0.143 e. The van der Waals surface area contributed by atoms with Crippen LogP contribution >= 0.6 is 0 Å². The molecule has 1 fully saturated rings. The van der Waals surface area contributed by atoms with Crippen molar-refractivity contribution < 1.29 is 4.79 Å². The Morgan fingerprint density at radius 2 is 2.20 bits per heavy atom. The maximum absolute atomic E-state index is 11.3. The van der Waals surface area contributed by atoms with Crippen molar-refractivity contribution in [1.82, 2.24) is 0 Å². The average molecular weight is 136 g/mol. The number of allylic oxidation sites excluding steroid dienone is 2. The molecule has 0 aromatic rings. The number of carbonyl (C=O) groups excluding carboxylic acids is 1. The Labute approximate surface area is 61.1 Å². The van der Waals surface area contributed by atoms with Crippen molar-refractivity contribution in [3.63, 3.8) is 0 Å². The Bertz CT molecular complexity index is 193. The van der Waals surface area contributed by atoms with Gasteiger partial charge < -0.3 is 0 Å². The number of hydrogen-bond acceptors (Lipinski definition) is 1. The Morgan fingerprint density at radius 3 is 2.90 bits per heavy atom. The fourth-order valence-corrected chi connectivity index (χ4v) is 2.08. The molecule has 10 heavy (non-hydrogen) atoms. The molecule has 54 valence electrons. The highest BCUT2D eigenvalue weighted by Crippen LogP contribution is 2.37. The molecular formula is C9H12O. The zero-order valence-corrected chi connectivity index (χ0v) is 6.21. The van der Waals surface area contributed by atoms with E-state index in [9.17, 15) is 4.79 Å². The highest BCUT2D eigenvalue weighted by Gasteiger charge is 2.37. The second-order valence-corrected chi connectivity index (χ2v) is 3.44. The second-order valence-electron chi connectivity index (χ2n) is 3.44. The number of hydrogen-bond donors (Lipinski definition) is 0. The van der Waals surface area contributed by atoms with E-state index in [1.54, 1.807) is 0 Å². The van der Waals surface area contributed by atoms with E-state index in [0.717, 1.165) is 12.8 Å². The minimum atomic E-state index is 0.293. The third-order valence-electron chi connectivity index (χ3n) is 2.80. The fraction of sp³-hybridized carbons (Fsp3) is 0.667.